The summed E-state index contributed by atoms with van der Waals surface area (Å²) in [5, 5.41) is 5.52. The van der Waals surface area contributed by atoms with Crippen molar-refractivity contribution in [2.24, 2.45) is 4.99 Å². The van der Waals surface area contributed by atoms with E-state index in [0.29, 0.717) is 10.9 Å². The zero-order chi connectivity index (χ0) is 24.8. The van der Waals surface area contributed by atoms with Crippen molar-refractivity contribution in [3.63, 3.8) is 0 Å². The number of rotatable bonds is 8. The van der Waals surface area contributed by atoms with Crippen LogP contribution in [0.2, 0.25) is 0 Å². The van der Waals surface area contributed by atoms with Gasteiger partial charge >= 0.3 is 5.97 Å². The third kappa shape index (κ3) is 7.88. The molecule has 1 heterocycles. The number of hydrogen-bond donors (Lipinski definition) is 2. The summed E-state index contributed by atoms with van der Waals surface area (Å²) in [4.78, 5) is 55.3. The smallest absolute Gasteiger partial charge is 0.338 e. The number of amides is 3. The van der Waals surface area contributed by atoms with Crippen molar-refractivity contribution >= 4 is 46.3 Å². The molecular formula is C23H32N4O5S. The zero-order valence-corrected chi connectivity index (χ0v) is 20.7. The highest BCUT2D eigenvalue weighted by atomic mass is 32.2. The number of carbonyl (C=O) groups is 4. The number of nitrogens with one attached hydrogen (secondary N) is 2. The van der Waals surface area contributed by atoms with Crippen LogP contribution in [0.4, 0.5) is 5.69 Å². The van der Waals surface area contributed by atoms with Crippen molar-refractivity contribution in [1.82, 2.24) is 10.2 Å². The molecule has 2 N–H and O–H groups in total. The number of benzene rings is 1. The molecule has 33 heavy (non-hydrogen) atoms. The topological polar surface area (TPSA) is 117 Å². The number of hydrogen-bond acceptors (Lipinski definition) is 7. The third-order valence-corrected chi connectivity index (χ3v) is 5.88. The van der Waals surface area contributed by atoms with Gasteiger partial charge in [0.2, 0.25) is 5.91 Å². The van der Waals surface area contributed by atoms with Crippen molar-refractivity contribution in [2.45, 2.75) is 64.9 Å². The summed E-state index contributed by atoms with van der Waals surface area (Å²) in [5.41, 5.74) is 0.140. The SMILES string of the molecule is CCN(CC)C1=NC(=O)[C@H](CC(=O)Nc2cccc(C(=O)O[C@@H](C)C(=O)NC(C)(C)C)c2)S1. The standard InChI is InChI=1S/C23H32N4O5S/c1-7-27(8-2)22-25-20(30)17(33-22)13-18(28)24-16-11-9-10-15(12-16)21(31)32-14(3)19(29)26-23(4,5)6/h9-12,14,17H,7-8,13H2,1-6H3,(H,24,28)(H,26,29)/t14-,17-/m0/s1. The maximum Gasteiger partial charge on any atom is 0.338 e. The second-order valence-corrected chi connectivity index (χ2v) is 9.80. The summed E-state index contributed by atoms with van der Waals surface area (Å²) in [5.74, 6) is -1.76. The fraction of sp³-hybridized carbons (Fsp3) is 0.522. The highest BCUT2D eigenvalue weighted by Crippen LogP contribution is 2.27. The van der Waals surface area contributed by atoms with Gasteiger partial charge in [-0.15, -0.1) is 0 Å². The van der Waals surface area contributed by atoms with Gasteiger partial charge in [-0.25, -0.2) is 4.79 Å². The van der Waals surface area contributed by atoms with E-state index in [1.165, 1.54) is 30.8 Å². The first-order valence-corrected chi connectivity index (χ1v) is 11.8. The summed E-state index contributed by atoms with van der Waals surface area (Å²) in [6.07, 6.45) is -1.00. The Kier molecular flexibility index (Phi) is 9.04. The Hall–Kier alpha value is -2.88. The van der Waals surface area contributed by atoms with Crippen molar-refractivity contribution in [3.8, 4) is 0 Å². The first kappa shape index (κ1) is 26.4. The van der Waals surface area contributed by atoms with Crippen LogP contribution in [0.3, 0.4) is 0 Å². The van der Waals surface area contributed by atoms with Crippen LogP contribution in [0, 0.1) is 0 Å². The summed E-state index contributed by atoms with van der Waals surface area (Å²) in [7, 11) is 0. The van der Waals surface area contributed by atoms with Crippen LogP contribution >= 0.6 is 11.8 Å². The molecule has 0 spiro atoms. The number of esters is 1. The van der Waals surface area contributed by atoms with Crippen molar-refractivity contribution < 1.29 is 23.9 Å². The maximum absolute atomic E-state index is 12.5. The summed E-state index contributed by atoms with van der Waals surface area (Å²) < 4.78 is 5.25. The minimum atomic E-state index is -0.972. The molecule has 0 saturated heterocycles. The van der Waals surface area contributed by atoms with Crippen LogP contribution in [0.15, 0.2) is 29.3 Å². The lowest BCUT2D eigenvalue weighted by Crippen LogP contribution is -2.46. The lowest BCUT2D eigenvalue weighted by Gasteiger charge is -2.23. The van der Waals surface area contributed by atoms with E-state index in [1.54, 1.807) is 12.1 Å². The van der Waals surface area contributed by atoms with Crippen molar-refractivity contribution in [1.29, 1.82) is 0 Å². The second kappa shape index (κ2) is 11.3. The van der Waals surface area contributed by atoms with Gasteiger partial charge in [0, 0.05) is 30.7 Å². The Labute approximate surface area is 198 Å². The van der Waals surface area contributed by atoms with Gasteiger partial charge in [0.1, 0.15) is 5.25 Å². The van der Waals surface area contributed by atoms with E-state index in [0.717, 1.165) is 13.1 Å². The van der Waals surface area contributed by atoms with Crippen LogP contribution in [0.1, 0.15) is 58.3 Å². The normalized spacial score (nSPS) is 16.6. The number of aliphatic imine (C=N–C) groups is 1. The van der Waals surface area contributed by atoms with Gasteiger partial charge in [0.05, 0.1) is 5.56 Å². The van der Waals surface area contributed by atoms with Gasteiger partial charge in [0.25, 0.3) is 11.8 Å². The molecule has 0 aliphatic carbocycles. The van der Waals surface area contributed by atoms with Gasteiger partial charge in [0.15, 0.2) is 11.3 Å². The van der Waals surface area contributed by atoms with Crippen LogP contribution < -0.4 is 10.6 Å². The fourth-order valence-corrected chi connectivity index (χ4v) is 4.19. The van der Waals surface area contributed by atoms with Crippen LogP contribution in [0.25, 0.3) is 0 Å². The molecule has 1 aliphatic rings. The minimum absolute atomic E-state index is 0.0313. The molecule has 1 aromatic rings. The van der Waals surface area contributed by atoms with Crippen molar-refractivity contribution in [3.05, 3.63) is 29.8 Å². The molecule has 180 valence electrons. The molecule has 1 aliphatic heterocycles. The lowest BCUT2D eigenvalue weighted by atomic mass is 10.1. The van der Waals surface area contributed by atoms with Gasteiger partial charge in [-0.1, -0.05) is 17.8 Å². The fourth-order valence-electron chi connectivity index (χ4n) is 3.00. The highest BCUT2D eigenvalue weighted by molar-refractivity contribution is 8.15. The molecule has 2 atom stereocenters. The van der Waals surface area contributed by atoms with E-state index in [4.69, 9.17) is 4.74 Å². The molecular weight excluding hydrogens is 444 g/mol. The molecule has 3 amide bonds. The van der Waals surface area contributed by atoms with Crippen LogP contribution in [-0.4, -0.2) is 63.7 Å². The Morgan fingerprint density at radius 2 is 1.88 bits per heavy atom. The molecule has 10 heteroatoms. The van der Waals surface area contributed by atoms with Gasteiger partial charge < -0.3 is 20.3 Å². The number of ether oxygens (including phenoxy) is 1. The summed E-state index contributed by atoms with van der Waals surface area (Å²) >= 11 is 1.29. The molecule has 0 saturated carbocycles. The summed E-state index contributed by atoms with van der Waals surface area (Å²) in [6, 6.07) is 6.23. The molecule has 9 nitrogen and oxygen atoms in total. The van der Waals surface area contributed by atoms with E-state index < -0.39 is 28.8 Å². The monoisotopic (exact) mass is 476 g/mol. The average molecular weight is 477 g/mol. The highest BCUT2D eigenvalue weighted by Gasteiger charge is 2.32. The van der Waals surface area contributed by atoms with E-state index in [2.05, 4.69) is 15.6 Å². The predicted molar refractivity (Wildman–Crippen MR) is 129 cm³/mol. The minimum Gasteiger partial charge on any atom is -0.449 e. The Morgan fingerprint density at radius 1 is 1.21 bits per heavy atom. The van der Waals surface area contributed by atoms with E-state index in [1.807, 2.05) is 39.5 Å². The molecule has 2 rings (SSSR count). The lowest BCUT2D eigenvalue weighted by molar-refractivity contribution is -0.130. The van der Waals surface area contributed by atoms with Crippen molar-refractivity contribution in [2.75, 3.05) is 18.4 Å². The average Bonchev–Trinajstić information content (AvgIpc) is 3.07. The Morgan fingerprint density at radius 3 is 2.48 bits per heavy atom. The predicted octanol–water partition coefficient (Wildman–Crippen LogP) is 2.81. The van der Waals surface area contributed by atoms with Crippen LogP contribution in [-0.2, 0) is 19.1 Å². The van der Waals surface area contributed by atoms with Gasteiger partial charge in [-0.3, -0.25) is 14.4 Å². The Bertz CT molecular complexity index is 937. The molecule has 0 radical (unpaired) electrons. The quantitative estimate of drug-likeness (QED) is 0.554. The van der Waals surface area contributed by atoms with Gasteiger partial charge in [-0.2, -0.15) is 4.99 Å². The first-order valence-electron chi connectivity index (χ1n) is 10.9. The summed E-state index contributed by atoms with van der Waals surface area (Å²) in [6.45, 7) is 12.4. The second-order valence-electron chi connectivity index (χ2n) is 8.63. The number of carbonyl (C=O) groups excluding carboxylic acids is 4. The Balaban J connectivity index is 1.94. The van der Waals surface area contributed by atoms with E-state index in [-0.39, 0.29) is 23.8 Å². The number of thioether (sulfide) groups is 1. The van der Waals surface area contributed by atoms with Gasteiger partial charge in [-0.05, 0) is 59.7 Å². The number of amidine groups is 1. The van der Waals surface area contributed by atoms with Crippen LogP contribution in [0.5, 0.6) is 0 Å². The first-order chi connectivity index (χ1) is 15.4. The number of nitrogens with zero attached hydrogens (tertiary/aromatic N) is 2. The molecule has 0 fully saturated rings. The maximum atomic E-state index is 12.5. The molecule has 0 aromatic heterocycles. The molecule has 0 bridgehead atoms. The number of anilines is 1. The zero-order valence-electron chi connectivity index (χ0n) is 19.9. The van der Waals surface area contributed by atoms with E-state index in [9.17, 15) is 19.2 Å². The molecule has 1 aromatic carbocycles. The third-order valence-electron chi connectivity index (χ3n) is 4.67. The largest absolute Gasteiger partial charge is 0.449 e. The van der Waals surface area contributed by atoms with E-state index >= 15 is 0 Å². The molecule has 0 unspecified atom stereocenters.